The van der Waals surface area contributed by atoms with Gasteiger partial charge in [0, 0.05) is 11.0 Å². The molecule has 0 spiro atoms. The summed E-state index contributed by atoms with van der Waals surface area (Å²) in [6.45, 7) is 1.87. The van der Waals surface area contributed by atoms with Crippen molar-refractivity contribution in [3.8, 4) is 0 Å². The maximum Gasteiger partial charge on any atom is 0.307 e. The average molecular weight is 279 g/mol. The van der Waals surface area contributed by atoms with E-state index in [1.54, 1.807) is 12.2 Å². The molecule has 1 heterocycles. The average Bonchev–Trinajstić information content (AvgIpc) is 2.92. The molecule has 5 heteroatoms. The summed E-state index contributed by atoms with van der Waals surface area (Å²) in [5.41, 5.74) is 0. The first-order valence-corrected chi connectivity index (χ1v) is 6.75. The van der Waals surface area contributed by atoms with Crippen molar-refractivity contribution < 1.29 is 14.3 Å². The number of ether oxygens (including phenoxy) is 1. The Morgan fingerprint density at radius 3 is 2.84 bits per heavy atom. The van der Waals surface area contributed by atoms with Gasteiger partial charge in [0.1, 0.15) is 0 Å². The number of nitrogens with one attached hydrogen (secondary N) is 1. The predicted molar refractivity (Wildman–Crippen MR) is 75.8 cm³/mol. The number of esters is 1. The molecule has 0 aliphatic carbocycles. The fourth-order valence-electron chi connectivity index (χ4n) is 1.44. The molecular weight excluding hydrogens is 262 g/mol. The van der Waals surface area contributed by atoms with Gasteiger partial charge in [-0.2, -0.15) is 0 Å². The highest BCUT2D eigenvalue weighted by atomic mass is 32.1. The van der Waals surface area contributed by atoms with Gasteiger partial charge < -0.3 is 10.1 Å². The number of carbonyl (C=O) groups is 2. The highest BCUT2D eigenvalue weighted by Crippen LogP contribution is 2.22. The van der Waals surface area contributed by atoms with Gasteiger partial charge in [0.2, 0.25) is 5.91 Å². The molecule has 0 fully saturated rings. The topological polar surface area (TPSA) is 55.4 Å². The highest BCUT2D eigenvalue weighted by molar-refractivity contribution is 7.10. The van der Waals surface area contributed by atoms with E-state index in [4.69, 9.17) is 0 Å². The second-order valence-electron chi connectivity index (χ2n) is 3.74. The number of amides is 1. The summed E-state index contributed by atoms with van der Waals surface area (Å²) in [5.74, 6) is -0.587. The van der Waals surface area contributed by atoms with Crippen molar-refractivity contribution in [3.63, 3.8) is 0 Å². The molecule has 0 saturated heterocycles. The summed E-state index contributed by atoms with van der Waals surface area (Å²) < 4.78 is 4.64. The monoisotopic (exact) mass is 279 g/mol. The zero-order chi connectivity index (χ0) is 14.1. The third kappa shape index (κ3) is 5.52. The Bertz CT molecular complexity index is 463. The molecular formula is C14H17NO3S. The van der Waals surface area contributed by atoms with Crippen LogP contribution in [-0.4, -0.2) is 19.0 Å². The first kappa shape index (κ1) is 15.2. The summed E-state index contributed by atoms with van der Waals surface area (Å²) in [6, 6.07) is 3.41. The van der Waals surface area contributed by atoms with Crippen molar-refractivity contribution >= 4 is 23.2 Å². The van der Waals surface area contributed by atoms with E-state index in [0.29, 0.717) is 0 Å². The van der Waals surface area contributed by atoms with Crippen molar-refractivity contribution in [1.82, 2.24) is 5.32 Å². The molecule has 102 valence electrons. The standard InChI is InChI=1S/C14H17NO3S/c1-3-4-5-8-13(16)15-11(10-14(17)18-2)12-7-6-9-19-12/h3-9,11H,10H2,1-2H3,(H,15,16)/b4-3+,8-5+/t11-/m1/s1. The maximum absolute atomic E-state index is 11.7. The van der Waals surface area contributed by atoms with Gasteiger partial charge in [-0.15, -0.1) is 11.3 Å². The summed E-state index contributed by atoms with van der Waals surface area (Å²) >= 11 is 1.49. The lowest BCUT2D eigenvalue weighted by atomic mass is 10.1. The molecule has 4 nitrogen and oxygen atoms in total. The van der Waals surface area contributed by atoms with Crippen LogP contribution >= 0.6 is 11.3 Å². The maximum atomic E-state index is 11.7. The zero-order valence-corrected chi connectivity index (χ0v) is 11.8. The Balaban J connectivity index is 2.69. The Morgan fingerprint density at radius 1 is 1.47 bits per heavy atom. The fourth-order valence-corrected chi connectivity index (χ4v) is 2.21. The van der Waals surface area contributed by atoms with Gasteiger partial charge in [-0.1, -0.05) is 24.3 Å². The lowest BCUT2D eigenvalue weighted by Gasteiger charge is -2.15. The normalized spacial score (nSPS) is 12.7. The molecule has 1 aromatic rings. The molecule has 0 aliphatic heterocycles. The lowest BCUT2D eigenvalue weighted by Crippen LogP contribution is -2.28. The summed E-state index contributed by atoms with van der Waals surface area (Å²) in [6.07, 6.45) is 6.80. The molecule has 1 atom stereocenters. The molecule has 19 heavy (non-hydrogen) atoms. The third-order valence-electron chi connectivity index (χ3n) is 2.35. The largest absolute Gasteiger partial charge is 0.469 e. The van der Waals surface area contributed by atoms with E-state index in [0.717, 1.165) is 4.88 Å². The van der Waals surface area contributed by atoms with Gasteiger partial charge in [0.05, 0.1) is 19.6 Å². The van der Waals surface area contributed by atoms with E-state index < -0.39 is 0 Å². The van der Waals surface area contributed by atoms with Crippen molar-refractivity contribution in [2.45, 2.75) is 19.4 Å². The van der Waals surface area contributed by atoms with Gasteiger partial charge >= 0.3 is 5.97 Å². The SMILES string of the molecule is C/C=C/C=C/C(=O)N[C@H](CC(=O)OC)c1cccs1. The Kier molecular flexibility index (Phi) is 6.60. The third-order valence-corrected chi connectivity index (χ3v) is 3.34. The van der Waals surface area contributed by atoms with Gasteiger partial charge in [-0.3, -0.25) is 9.59 Å². The van der Waals surface area contributed by atoms with Gasteiger partial charge in [-0.25, -0.2) is 0 Å². The molecule has 0 unspecified atom stereocenters. The second-order valence-corrected chi connectivity index (χ2v) is 4.72. The number of rotatable bonds is 6. The summed E-state index contributed by atoms with van der Waals surface area (Å²) in [5, 5.41) is 4.70. The minimum absolute atomic E-state index is 0.125. The molecule has 0 bridgehead atoms. The fraction of sp³-hybridized carbons (Fsp3) is 0.286. The van der Waals surface area contributed by atoms with Crippen LogP contribution in [0, 0.1) is 0 Å². The summed E-state index contributed by atoms with van der Waals surface area (Å²) in [4.78, 5) is 24.0. The Hall–Kier alpha value is -1.88. The number of hydrogen-bond acceptors (Lipinski definition) is 4. The Labute approximate surface area is 116 Å². The van der Waals surface area contributed by atoms with Crippen molar-refractivity contribution in [3.05, 3.63) is 46.7 Å². The Morgan fingerprint density at radius 2 is 2.26 bits per heavy atom. The minimum atomic E-state index is -0.352. The molecule has 1 aromatic heterocycles. The van der Waals surface area contributed by atoms with Crippen LogP contribution in [0.25, 0.3) is 0 Å². The molecule has 0 radical (unpaired) electrons. The van der Waals surface area contributed by atoms with E-state index in [9.17, 15) is 9.59 Å². The molecule has 1 amide bonds. The van der Waals surface area contributed by atoms with Crippen LogP contribution < -0.4 is 5.32 Å². The van der Waals surface area contributed by atoms with E-state index in [1.807, 2.05) is 30.5 Å². The van der Waals surface area contributed by atoms with E-state index in [1.165, 1.54) is 24.5 Å². The van der Waals surface area contributed by atoms with E-state index >= 15 is 0 Å². The smallest absolute Gasteiger partial charge is 0.307 e. The van der Waals surface area contributed by atoms with Crippen LogP contribution in [0.3, 0.4) is 0 Å². The van der Waals surface area contributed by atoms with Gasteiger partial charge in [0.25, 0.3) is 0 Å². The molecule has 0 saturated carbocycles. The number of hydrogen-bond donors (Lipinski definition) is 1. The highest BCUT2D eigenvalue weighted by Gasteiger charge is 2.18. The molecule has 1 rings (SSSR count). The van der Waals surface area contributed by atoms with Crippen LogP contribution in [0.1, 0.15) is 24.3 Å². The van der Waals surface area contributed by atoms with Crippen molar-refractivity contribution in [2.75, 3.05) is 7.11 Å². The number of methoxy groups -OCH3 is 1. The number of thiophene rings is 1. The summed E-state index contributed by atoms with van der Waals surface area (Å²) in [7, 11) is 1.33. The van der Waals surface area contributed by atoms with Gasteiger partial charge in [-0.05, 0) is 18.4 Å². The quantitative estimate of drug-likeness (QED) is 0.495. The van der Waals surface area contributed by atoms with E-state index in [2.05, 4.69) is 10.1 Å². The minimum Gasteiger partial charge on any atom is -0.469 e. The van der Waals surface area contributed by atoms with Crippen LogP contribution in [-0.2, 0) is 14.3 Å². The first-order chi connectivity index (χ1) is 9.17. The molecule has 1 N–H and O–H groups in total. The lowest BCUT2D eigenvalue weighted by molar-refractivity contribution is -0.141. The second kappa shape index (κ2) is 8.26. The van der Waals surface area contributed by atoms with E-state index in [-0.39, 0.29) is 24.3 Å². The van der Waals surface area contributed by atoms with Crippen LogP contribution in [0.2, 0.25) is 0 Å². The number of allylic oxidation sites excluding steroid dienone is 3. The van der Waals surface area contributed by atoms with Crippen LogP contribution in [0.15, 0.2) is 41.8 Å². The predicted octanol–water partition coefficient (Wildman–Crippen LogP) is 2.60. The van der Waals surface area contributed by atoms with Crippen molar-refractivity contribution in [2.24, 2.45) is 0 Å². The van der Waals surface area contributed by atoms with Gasteiger partial charge in [0.15, 0.2) is 0 Å². The zero-order valence-electron chi connectivity index (χ0n) is 11.0. The molecule has 0 aromatic carbocycles. The first-order valence-electron chi connectivity index (χ1n) is 5.87. The van der Waals surface area contributed by atoms with Crippen LogP contribution in [0.5, 0.6) is 0 Å². The van der Waals surface area contributed by atoms with Crippen LogP contribution in [0.4, 0.5) is 0 Å². The number of carbonyl (C=O) groups excluding carboxylic acids is 2. The molecule has 0 aliphatic rings. The van der Waals surface area contributed by atoms with Crippen molar-refractivity contribution in [1.29, 1.82) is 0 Å².